The summed E-state index contributed by atoms with van der Waals surface area (Å²) in [6.07, 6.45) is 2.49. The minimum absolute atomic E-state index is 0.0251. The number of carbonyl (C=O) groups excluding carboxylic acids is 2. The Morgan fingerprint density at radius 3 is 2.52 bits per heavy atom. The third kappa shape index (κ3) is 5.46. The van der Waals surface area contributed by atoms with Crippen molar-refractivity contribution >= 4 is 29.2 Å². The molecular formula is C19H22N2O3S. The zero-order chi connectivity index (χ0) is 18.2. The molecular weight excluding hydrogens is 336 g/mol. The van der Waals surface area contributed by atoms with E-state index in [4.69, 9.17) is 4.74 Å². The van der Waals surface area contributed by atoms with Gasteiger partial charge < -0.3 is 15.4 Å². The van der Waals surface area contributed by atoms with Crippen LogP contribution in [0.2, 0.25) is 0 Å². The van der Waals surface area contributed by atoms with Gasteiger partial charge in [-0.25, -0.2) is 0 Å². The number of methoxy groups -OCH3 is 1. The van der Waals surface area contributed by atoms with Crippen molar-refractivity contribution in [1.29, 1.82) is 0 Å². The van der Waals surface area contributed by atoms with Crippen LogP contribution in [-0.2, 0) is 4.79 Å². The van der Waals surface area contributed by atoms with E-state index in [-0.39, 0.29) is 23.6 Å². The van der Waals surface area contributed by atoms with E-state index in [1.165, 1.54) is 11.3 Å². The average molecular weight is 358 g/mol. The number of benzene rings is 1. The Morgan fingerprint density at radius 1 is 1.24 bits per heavy atom. The molecule has 5 nitrogen and oxygen atoms in total. The Balaban J connectivity index is 2.19. The Kier molecular flexibility index (Phi) is 6.77. The molecule has 0 saturated heterocycles. The highest BCUT2D eigenvalue weighted by Crippen LogP contribution is 2.14. The van der Waals surface area contributed by atoms with Crippen LogP contribution in [0.5, 0.6) is 5.75 Å². The number of nitrogens with one attached hydrogen (secondary N) is 2. The summed E-state index contributed by atoms with van der Waals surface area (Å²) >= 11 is 1.50. The number of hydrogen-bond donors (Lipinski definition) is 2. The first-order valence-corrected chi connectivity index (χ1v) is 8.93. The van der Waals surface area contributed by atoms with Gasteiger partial charge in [-0.1, -0.05) is 13.0 Å². The van der Waals surface area contributed by atoms with E-state index >= 15 is 0 Å². The van der Waals surface area contributed by atoms with Crippen molar-refractivity contribution < 1.29 is 14.3 Å². The van der Waals surface area contributed by atoms with Crippen LogP contribution in [0.4, 0.5) is 0 Å². The molecule has 1 aromatic heterocycles. The van der Waals surface area contributed by atoms with E-state index in [0.29, 0.717) is 11.3 Å². The molecule has 2 N–H and O–H groups in total. The number of rotatable bonds is 7. The third-order valence-electron chi connectivity index (χ3n) is 3.66. The Morgan fingerprint density at radius 2 is 1.96 bits per heavy atom. The molecule has 132 valence electrons. The summed E-state index contributed by atoms with van der Waals surface area (Å²) < 4.78 is 5.09. The smallest absolute Gasteiger partial charge is 0.268 e. The van der Waals surface area contributed by atoms with Crippen molar-refractivity contribution in [1.82, 2.24) is 10.6 Å². The second-order valence-corrected chi connectivity index (χ2v) is 6.52. The molecule has 2 aromatic rings. The van der Waals surface area contributed by atoms with Gasteiger partial charge in [0.05, 0.1) is 7.11 Å². The lowest BCUT2D eigenvalue weighted by molar-refractivity contribution is -0.118. The molecule has 1 atom stereocenters. The Hall–Kier alpha value is -2.60. The van der Waals surface area contributed by atoms with Gasteiger partial charge in [-0.05, 0) is 55.1 Å². The van der Waals surface area contributed by atoms with Gasteiger partial charge in [0.2, 0.25) is 0 Å². The summed E-state index contributed by atoms with van der Waals surface area (Å²) in [7, 11) is 1.57. The van der Waals surface area contributed by atoms with Crippen molar-refractivity contribution in [3.63, 3.8) is 0 Å². The van der Waals surface area contributed by atoms with Crippen LogP contribution in [0, 0.1) is 0 Å². The maximum absolute atomic E-state index is 12.5. The molecule has 2 amide bonds. The van der Waals surface area contributed by atoms with Crippen LogP contribution in [0.1, 0.15) is 35.5 Å². The number of carbonyl (C=O) groups is 2. The van der Waals surface area contributed by atoms with Crippen molar-refractivity contribution in [3.8, 4) is 5.75 Å². The molecule has 0 spiro atoms. The summed E-state index contributed by atoms with van der Waals surface area (Å²) in [6, 6.07) is 10.5. The number of thiophene rings is 1. The highest BCUT2D eigenvalue weighted by molar-refractivity contribution is 7.10. The van der Waals surface area contributed by atoms with Gasteiger partial charge in [0.25, 0.3) is 11.8 Å². The van der Waals surface area contributed by atoms with E-state index in [9.17, 15) is 9.59 Å². The van der Waals surface area contributed by atoms with Crippen LogP contribution < -0.4 is 15.4 Å². The summed E-state index contributed by atoms with van der Waals surface area (Å²) in [5.41, 5.74) is 0.679. The van der Waals surface area contributed by atoms with Crippen LogP contribution in [0.15, 0.2) is 47.5 Å². The van der Waals surface area contributed by atoms with Gasteiger partial charge in [-0.3, -0.25) is 9.59 Å². The lowest BCUT2D eigenvalue weighted by Gasteiger charge is -2.14. The summed E-state index contributed by atoms with van der Waals surface area (Å²) in [5, 5.41) is 7.51. The molecule has 0 aliphatic carbocycles. The Labute approximate surface area is 151 Å². The monoisotopic (exact) mass is 358 g/mol. The molecule has 2 rings (SSSR count). The first-order chi connectivity index (χ1) is 12.0. The minimum Gasteiger partial charge on any atom is -0.497 e. The van der Waals surface area contributed by atoms with E-state index in [1.54, 1.807) is 37.5 Å². The van der Waals surface area contributed by atoms with Gasteiger partial charge in [0, 0.05) is 16.5 Å². The van der Waals surface area contributed by atoms with E-state index in [1.807, 2.05) is 31.4 Å². The molecule has 1 heterocycles. The highest BCUT2D eigenvalue weighted by Gasteiger charge is 2.16. The van der Waals surface area contributed by atoms with Gasteiger partial charge in [0.1, 0.15) is 11.4 Å². The fraction of sp³-hybridized carbons (Fsp3) is 0.263. The second kappa shape index (κ2) is 9.03. The van der Waals surface area contributed by atoms with Crippen molar-refractivity contribution in [3.05, 3.63) is 57.9 Å². The molecule has 0 bridgehead atoms. The number of amides is 2. The predicted molar refractivity (Wildman–Crippen MR) is 101 cm³/mol. The van der Waals surface area contributed by atoms with Gasteiger partial charge in [-0.2, -0.15) is 0 Å². The number of ether oxygens (including phenoxy) is 1. The molecule has 0 radical (unpaired) electrons. The topological polar surface area (TPSA) is 67.4 Å². The van der Waals surface area contributed by atoms with Crippen LogP contribution in [0.25, 0.3) is 6.08 Å². The van der Waals surface area contributed by atoms with E-state index in [2.05, 4.69) is 10.6 Å². The van der Waals surface area contributed by atoms with Crippen molar-refractivity contribution in [2.75, 3.05) is 7.11 Å². The largest absolute Gasteiger partial charge is 0.497 e. The quantitative estimate of drug-likeness (QED) is 0.745. The predicted octanol–water partition coefficient (Wildman–Crippen LogP) is 3.44. The van der Waals surface area contributed by atoms with Crippen molar-refractivity contribution in [2.45, 2.75) is 26.3 Å². The molecule has 0 fully saturated rings. The molecule has 0 aliphatic rings. The fourth-order valence-corrected chi connectivity index (χ4v) is 2.67. The zero-order valence-corrected chi connectivity index (χ0v) is 15.4. The lowest BCUT2D eigenvalue weighted by atomic mass is 10.2. The van der Waals surface area contributed by atoms with Gasteiger partial charge in [0.15, 0.2) is 0 Å². The van der Waals surface area contributed by atoms with E-state index < -0.39 is 0 Å². The average Bonchev–Trinajstić information content (AvgIpc) is 3.14. The lowest BCUT2D eigenvalue weighted by Crippen LogP contribution is -2.38. The number of hydrogen-bond acceptors (Lipinski definition) is 4. The third-order valence-corrected chi connectivity index (χ3v) is 4.48. The van der Waals surface area contributed by atoms with Crippen LogP contribution in [-0.4, -0.2) is 25.0 Å². The first-order valence-electron chi connectivity index (χ1n) is 8.05. The SMILES string of the molecule is CC[C@@H](C)NC(=O)/C(=C/c1cccs1)NC(=O)c1ccc(OC)cc1. The fourth-order valence-electron chi connectivity index (χ4n) is 2.01. The molecule has 6 heteroatoms. The van der Waals surface area contributed by atoms with Gasteiger partial charge in [-0.15, -0.1) is 11.3 Å². The molecule has 25 heavy (non-hydrogen) atoms. The summed E-state index contributed by atoms with van der Waals surface area (Å²) in [5.74, 6) is 0.0230. The molecule has 0 saturated carbocycles. The van der Waals surface area contributed by atoms with Crippen LogP contribution >= 0.6 is 11.3 Å². The van der Waals surface area contributed by atoms with Crippen molar-refractivity contribution in [2.24, 2.45) is 0 Å². The maximum Gasteiger partial charge on any atom is 0.268 e. The van der Waals surface area contributed by atoms with Crippen LogP contribution in [0.3, 0.4) is 0 Å². The minimum atomic E-state index is -0.343. The zero-order valence-electron chi connectivity index (χ0n) is 14.5. The molecule has 0 aliphatic heterocycles. The standard InChI is InChI=1S/C19H22N2O3S/c1-4-13(2)20-19(23)17(12-16-6-5-11-25-16)21-18(22)14-7-9-15(24-3)10-8-14/h5-13H,4H2,1-3H3,(H,20,23)(H,21,22)/b17-12-/t13-/m1/s1. The van der Waals surface area contributed by atoms with Gasteiger partial charge >= 0.3 is 0 Å². The summed E-state index contributed by atoms with van der Waals surface area (Å²) in [4.78, 5) is 25.9. The van der Waals surface area contributed by atoms with E-state index in [0.717, 1.165) is 11.3 Å². The second-order valence-electron chi connectivity index (χ2n) is 5.54. The first kappa shape index (κ1) is 18.7. The Bertz CT molecular complexity index is 737. The normalized spacial score (nSPS) is 12.4. The molecule has 0 unspecified atom stereocenters. The maximum atomic E-state index is 12.5. The summed E-state index contributed by atoms with van der Waals surface area (Å²) in [6.45, 7) is 3.91. The molecule has 1 aromatic carbocycles. The highest BCUT2D eigenvalue weighted by atomic mass is 32.1.